The van der Waals surface area contributed by atoms with Gasteiger partial charge < -0.3 is 4.90 Å². The van der Waals surface area contributed by atoms with E-state index in [0.29, 0.717) is 6.04 Å². The number of piperazine rings is 1. The van der Waals surface area contributed by atoms with Crippen LogP contribution in [0.3, 0.4) is 0 Å². The van der Waals surface area contributed by atoms with Crippen LogP contribution >= 0.6 is 23.4 Å². The van der Waals surface area contributed by atoms with Crippen molar-refractivity contribution in [3.05, 3.63) is 58.6 Å². The molecule has 0 spiro atoms. The standard InChI is InChI=1S/C20H23ClN2S/c1-22-11-13-23(14-12-22)19-10-9-18-17(19)3-2-4-20(18)24-16-7-5-15(21)6-8-16/h2-8,19H,9-14H2,1H3. The van der Waals surface area contributed by atoms with Crippen molar-refractivity contribution in [3.8, 4) is 0 Å². The van der Waals surface area contributed by atoms with E-state index in [1.807, 2.05) is 23.9 Å². The van der Waals surface area contributed by atoms with Crippen LogP contribution in [-0.4, -0.2) is 43.0 Å². The van der Waals surface area contributed by atoms with Gasteiger partial charge in [0.15, 0.2) is 0 Å². The van der Waals surface area contributed by atoms with Crippen molar-refractivity contribution >= 4 is 23.4 Å². The smallest absolute Gasteiger partial charge is 0.0406 e. The fourth-order valence-electron chi connectivity index (χ4n) is 3.84. The third kappa shape index (κ3) is 3.36. The highest BCUT2D eigenvalue weighted by atomic mass is 35.5. The summed E-state index contributed by atoms with van der Waals surface area (Å²) in [5.74, 6) is 0. The maximum absolute atomic E-state index is 6.01. The van der Waals surface area contributed by atoms with Crippen molar-refractivity contribution in [1.82, 2.24) is 9.80 Å². The summed E-state index contributed by atoms with van der Waals surface area (Å²) in [7, 11) is 2.22. The SMILES string of the molecule is CN1CCN(C2CCc3c(Sc4ccc(Cl)cc4)cccc32)CC1. The molecule has 2 aromatic carbocycles. The molecule has 0 bridgehead atoms. The van der Waals surface area contributed by atoms with Crippen molar-refractivity contribution in [2.45, 2.75) is 28.7 Å². The molecule has 0 saturated carbocycles. The van der Waals surface area contributed by atoms with E-state index in [0.717, 1.165) is 5.02 Å². The molecule has 2 aromatic rings. The third-order valence-electron chi connectivity index (χ3n) is 5.22. The lowest BCUT2D eigenvalue weighted by Crippen LogP contribution is -2.45. The van der Waals surface area contributed by atoms with Crippen molar-refractivity contribution < 1.29 is 0 Å². The summed E-state index contributed by atoms with van der Waals surface area (Å²) in [6.45, 7) is 4.75. The van der Waals surface area contributed by atoms with Gasteiger partial charge in [-0.2, -0.15) is 0 Å². The van der Waals surface area contributed by atoms with Crippen molar-refractivity contribution in [1.29, 1.82) is 0 Å². The molecule has 1 heterocycles. The van der Waals surface area contributed by atoms with Crippen LogP contribution in [0.2, 0.25) is 5.02 Å². The molecule has 1 unspecified atom stereocenters. The van der Waals surface area contributed by atoms with Crippen molar-refractivity contribution in [3.63, 3.8) is 0 Å². The van der Waals surface area contributed by atoms with Gasteiger partial charge in [0.1, 0.15) is 0 Å². The molecular weight excluding hydrogens is 336 g/mol. The van der Waals surface area contributed by atoms with Crippen LogP contribution in [0.1, 0.15) is 23.6 Å². The lowest BCUT2D eigenvalue weighted by molar-refractivity contribution is 0.111. The van der Waals surface area contributed by atoms with E-state index in [-0.39, 0.29) is 0 Å². The molecule has 1 atom stereocenters. The molecule has 0 radical (unpaired) electrons. The molecule has 4 heteroatoms. The van der Waals surface area contributed by atoms with Gasteiger partial charge in [0.25, 0.3) is 0 Å². The van der Waals surface area contributed by atoms with Gasteiger partial charge in [-0.15, -0.1) is 0 Å². The molecule has 1 aliphatic carbocycles. The van der Waals surface area contributed by atoms with Crippen LogP contribution < -0.4 is 0 Å². The molecule has 126 valence electrons. The minimum atomic E-state index is 0.611. The second-order valence-electron chi connectivity index (χ2n) is 6.77. The number of likely N-dealkylation sites (N-methyl/N-ethyl adjacent to an activating group) is 1. The predicted octanol–water partition coefficient (Wildman–Crippen LogP) is 4.73. The van der Waals surface area contributed by atoms with E-state index >= 15 is 0 Å². The monoisotopic (exact) mass is 358 g/mol. The van der Waals surface area contributed by atoms with Gasteiger partial charge in [-0.1, -0.05) is 35.5 Å². The Balaban J connectivity index is 1.56. The van der Waals surface area contributed by atoms with Gasteiger partial charge in [0.05, 0.1) is 0 Å². The van der Waals surface area contributed by atoms with Crippen molar-refractivity contribution in [2.75, 3.05) is 33.2 Å². The lowest BCUT2D eigenvalue weighted by atomic mass is 10.1. The second-order valence-corrected chi connectivity index (χ2v) is 8.33. The first-order valence-corrected chi connectivity index (χ1v) is 9.88. The van der Waals surface area contributed by atoms with Gasteiger partial charge >= 0.3 is 0 Å². The Kier molecular flexibility index (Phi) is 4.86. The summed E-state index contributed by atoms with van der Waals surface area (Å²) in [5, 5.41) is 0.799. The molecule has 0 amide bonds. The fraction of sp³-hybridized carbons (Fsp3) is 0.400. The molecular formula is C20H23ClN2S. The molecule has 0 aromatic heterocycles. The summed E-state index contributed by atoms with van der Waals surface area (Å²) in [6, 6.07) is 15.6. The highest BCUT2D eigenvalue weighted by molar-refractivity contribution is 7.99. The van der Waals surface area contributed by atoms with Gasteiger partial charge in [-0.25, -0.2) is 0 Å². The fourth-order valence-corrected chi connectivity index (χ4v) is 4.98. The molecule has 2 aliphatic rings. The normalized spacial score (nSPS) is 21.8. The zero-order valence-electron chi connectivity index (χ0n) is 14.0. The Labute approximate surface area is 153 Å². The van der Waals surface area contributed by atoms with E-state index in [1.54, 1.807) is 11.1 Å². The van der Waals surface area contributed by atoms with Crippen LogP contribution in [-0.2, 0) is 6.42 Å². The maximum atomic E-state index is 6.01. The maximum Gasteiger partial charge on any atom is 0.0406 e. The van der Waals surface area contributed by atoms with E-state index in [1.165, 1.54) is 48.8 Å². The summed E-state index contributed by atoms with van der Waals surface area (Å²) >= 11 is 7.87. The minimum absolute atomic E-state index is 0.611. The second kappa shape index (κ2) is 7.09. The average Bonchev–Trinajstić information content (AvgIpc) is 3.03. The van der Waals surface area contributed by atoms with E-state index in [9.17, 15) is 0 Å². The summed E-state index contributed by atoms with van der Waals surface area (Å²) < 4.78 is 0. The van der Waals surface area contributed by atoms with E-state index in [4.69, 9.17) is 11.6 Å². The van der Waals surface area contributed by atoms with Crippen molar-refractivity contribution in [2.24, 2.45) is 0 Å². The largest absolute Gasteiger partial charge is 0.304 e. The molecule has 24 heavy (non-hydrogen) atoms. The number of nitrogens with zero attached hydrogens (tertiary/aromatic N) is 2. The summed E-state index contributed by atoms with van der Waals surface area (Å²) in [4.78, 5) is 7.78. The predicted molar refractivity (Wildman–Crippen MR) is 102 cm³/mol. The third-order valence-corrected chi connectivity index (χ3v) is 6.58. The number of rotatable bonds is 3. The first-order chi connectivity index (χ1) is 11.7. The number of fused-ring (bicyclic) bond motifs is 1. The topological polar surface area (TPSA) is 6.48 Å². The highest BCUT2D eigenvalue weighted by Gasteiger charge is 2.30. The number of hydrogen-bond acceptors (Lipinski definition) is 3. The van der Waals surface area contributed by atoms with Crippen LogP contribution in [0.15, 0.2) is 52.3 Å². The highest BCUT2D eigenvalue weighted by Crippen LogP contribution is 2.42. The van der Waals surface area contributed by atoms with Gasteiger partial charge in [-0.3, -0.25) is 4.90 Å². The quantitative estimate of drug-likeness (QED) is 0.783. The Bertz CT molecular complexity index is 708. The molecule has 0 N–H and O–H groups in total. The van der Waals surface area contributed by atoms with Crippen LogP contribution in [0, 0.1) is 0 Å². The average molecular weight is 359 g/mol. The Morgan fingerprint density at radius 3 is 2.50 bits per heavy atom. The summed E-state index contributed by atoms with van der Waals surface area (Å²) in [5.41, 5.74) is 3.11. The van der Waals surface area contributed by atoms with Crippen LogP contribution in [0.25, 0.3) is 0 Å². The summed E-state index contributed by atoms with van der Waals surface area (Å²) in [6.07, 6.45) is 2.46. The molecule has 1 aliphatic heterocycles. The number of hydrogen-bond donors (Lipinski definition) is 0. The number of halogens is 1. The van der Waals surface area contributed by atoms with Gasteiger partial charge in [-0.05, 0) is 61.3 Å². The number of benzene rings is 2. The molecule has 1 saturated heterocycles. The zero-order chi connectivity index (χ0) is 16.5. The van der Waals surface area contributed by atoms with Crippen LogP contribution in [0.4, 0.5) is 0 Å². The van der Waals surface area contributed by atoms with E-state index < -0.39 is 0 Å². The first-order valence-electron chi connectivity index (χ1n) is 8.68. The van der Waals surface area contributed by atoms with E-state index in [2.05, 4.69) is 47.2 Å². The Morgan fingerprint density at radius 2 is 1.75 bits per heavy atom. The molecule has 4 rings (SSSR count). The zero-order valence-corrected chi connectivity index (χ0v) is 15.6. The first kappa shape index (κ1) is 16.5. The van der Waals surface area contributed by atoms with Crippen LogP contribution in [0.5, 0.6) is 0 Å². The minimum Gasteiger partial charge on any atom is -0.304 e. The Hall–Kier alpha value is -1.00. The Morgan fingerprint density at radius 1 is 1.00 bits per heavy atom. The van der Waals surface area contributed by atoms with Gasteiger partial charge in [0.2, 0.25) is 0 Å². The van der Waals surface area contributed by atoms with Gasteiger partial charge in [0, 0.05) is 47.0 Å². The molecule has 1 fully saturated rings. The molecule has 2 nitrogen and oxygen atoms in total. The lowest BCUT2D eigenvalue weighted by Gasteiger charge is -2.36.